The van der Waals surface area contributed by atoms with Crippen LogP contribution in [0.1, 0.15) is 143 Å². The van der Waals surface area contributed by atoms with E-state index in [0.717, 1.165) is 25.4 Å². The lowest BCUT2D eigenvalue weighted by molar-refractivity contribution is 0.228. The van der Waals surface area contributed by atoms with E-state index in [4.69, 9.17) is 9.47 Å². The summed E-state index contributed by atoms with van der Waals surface area (Å²) >= 11 is 0. The van der Waals surface area contributed by atoms with Gasteiger partial charge in [0.25, 0.3) is 0 Å². The standard InChI is InChI=1S/C31H56O2/c1-4-7-9-11-13-15-17-19-21-28-32-29-27-31(25-22-30(23-26-31)33-6-3)24-20-18-16-14-12-10-8-5-2/h22-23,25,27,29H,4-21,24,26,28H2,1-3H3. The van der Waals surface area contributed by atoms with Gasteiger partial charge in [-0.25, -0.2) is 0 Å². The molecule has 33 heavy (non-hydrogen) atoms. The Labute approximate surface area is 207 Å². The van der Waals surface area contributed by atoms with Crippen molar-refractivity contribution < 1.29 is 9.47 Å². The minimum Gasteiger partial charge on any atom is -0.501 e. The molecular formula is C31H56O2. The zero-order valence-electron chi connectivity index (χ0n) is 22.6. The second-order valence-electron chi connectivity index (χ2n) is 10.0. The average molecular weight is 461 g/mol. The van der Waals surface area contributed by atoms with Crippen LogP contribution < -0.4 is 0 Å². The van der Waals surface area contributed by atoms with Gasteiger partial charge in [0.1, 0.15) is 5.76 Å². The van der Waals surface area contributed by atoms with Crippen LogP contribution in [0.25, 0.3) is 0 Å². The maximum atomic E-state index is 5.91. The number of allylic oxidation sites excluding steroid dienone is 4. The van der Waals surface area contributed by atoms with Crippen molar-refractivity contribution in [3.05, 3.63) is 36.3 Å². The first-order valence-electron chi connectivity index (χ1n) is 14.6. The van der Waals surface area contributed by atoms with Gasteiger partial charge in [0.15, 0.2) is 0 Å². The normalized spacial score (nSPS) is 18.1. The second-order valence-corrected chi connectivity index (χ2v) is 10.0. The Morgan fingerprint density at radius 2 is 1.27 bits per heavy atom. The summed E-state index contributed by atoms with van der Waals surface area (Å²) in [4.78, 5) is 0. The molecule has 0 saturated heterocycles. The molecule has 0 amide bonds. The third-order valence-corrected chi connectivity index (χ3v) is 6.93. The van der Waals surface area contributed by atoms with Gasteiger partial charge in [0.2, 0.25) is 0 Å². The van der Waals surface area contributed by atoms with Gasteiger partial charge in [-0.3, -0.25) is 0 Å². The van der Waals surface area contributed by atoms with Crippen molar-refractivity contribution in [2.75, 3.05) is 13.2 Å². The van der Waals surface area contributed by atoms with Crippen molar-refractivity contribution in [1.29, 1.82) is 0 Å². The number of ether oxygens (including phenoxy) is 2. The number of unbranched alkanes of at least 4 members (excludes halogenated alkanes) is 15. The Kier molecular flexibility index (Phi) is 19.3. The molecule has 0 heterocycles. The van der Waals surface area contributed by atoms with Crippen LogP contribution in [0.3, 0.4) is 0 Å². The maximum absolute atomic E-state index is 5.91. The van der Waals surface area contributed by atoms with E-state index in [2.05, 4.69) is 45.1 Å². The molecule has 1 aliphatic carbocycles. The molecular weight excluding hydrogens is 404 g/mol. The minimum absolute atomic E-state index is 0.0985. The maximum Gasteiger partial charge on any atom is 0.115 e. The van der Waals surface area contributed by atoms with E-state index < -0.39 is 0 Å². The molecule has 2 nitrogen and oxygen atoms in total. The molecule has 0 aromatic carbocycles. The summed E-state index contributed by atoms with van der Waals surface area (Å²) in [6.07, 6.45) is 36.5. The number of rotatable bonds is 23. The zero-order valence-corrected chi connectivity index (χ0v) is 22.6. The second kappa shape index (κ2) is 21.4. The van der Waals surface area contributed by atoms with Crippen LogP contribution in [-0.2, 0) is 9.47 Å². The number of hydrogen-bond acceptors (Lipinski definition) is 2. The van der Waals surface area contributed by atoms with Crippen molar-refractivity contribution in [2.24, 2.45) is 5.41 Å². The van der Waals surface area contributed by atoms with Crippen LogP contribution in [0.4, 0.5) is 0 Å². The molecule has 0 spiro atoms. The fourth-order valence-corrected chi connectivity index (χ4v) is 4.68. The van der Waals surface area contributed by atoms with E-state index >= 15 is 0 Å². The molecule has 1 unspecified atom stereocenters. The van der Waals surface area contributed by atoms with Gasteiger partial charge in [0, 0.05) is 5.41 Å². The molecule has 1 rings (SSSR count). The Hall–Kier alpha value is -1.18. The molecule has 2 heteroatoms. The Balaban J connectivity index is 2.27. The van der Waals surface area contributed by atoms with Gasteiger partial charge in [-0.1, -0.05) is 123 Å². The van der Waals surface area contributed by atoms with Gasteiger partial charge < -0.3 is 9.47 Å². The van der Waals surface area contributed by atoms with Crippen molar-refractivity contribution in [3.63, 3.8) is 0 Å². The van der Waals surface area contributed by atoms with Crippen LogP contribution in [-0.4, -0.2) is 13.2 Å². The van der Waals surface area contributed by atoms with Crippen LogP contribution in [0.15, 0.2) is 36.3 Å². The third-order valence-electron chi connectivity index (χ3n) is 6.93. The predicted octanol–water partition coefficient (Wildman–Crippen LogP) is 10.4. The van der Waals surface area contributed by atoms with E-state index in [1.54, 1.807) is 0 Å². The molecule has 0 aromatic rings. The third kappa shape index (κ3) is 16.1. The molecule has 0 aliphatic heterocycles. The van der Waals surface area contributed by atoms with Crippen molar-refractivity contribution in [2.45, 2.75) is 143 Å². The summed E-state index contributed by atoms with van der Waals surface area (Å²) < 4.78 is 11.6. The van der Waals surface area contributed by atoms with Crippen molar-refractivity contribution in [1.82, 2.24) is 0 Å². The van der Waals surface area contributed by atoms with Crippen LogP contribution in [0.5, 0.6) is 0 Å². The van der Waals surface area contributed by atoms with Gasteiger partial charge in [-0.05, 0) is 44.4 Å². The highest BCUT2D eigenvalue weighted by atomic mass is 16.5. The lowest BCUT2D eigenvalue weighted by Crippen LogP contribution is -2.17. The molecule has 0 fully saturated rings. The Morgan fingerprint density at radius 3 is 1.79 bits per heavy atom. The first-order valence-corrected chi connectivity index (χ1v) is 14.6. The monoisotopic (exact) mass is 460 g/mol. The minimum atomic E-state index is 0.0985. The highest BCUT2D eigenvalue weighted by Crippen LogP contribution is 2.37. The smallest absolute Gasteiger partial charge is 0.115 e. The summed E-state index contributed by atoms with van der Waals surface area (Å²) in [6.45, 7) is 8.21. The molecule has 0 bridgehead atoms. The fraction of sp³-hybridized carbons (Fsp3) is 0.806. The van der Waals surface area contributed by atoms with Crippen molar-refractivity contribution >= 4 is 0 Å². The van der Waals surface area contributed by atoms with Gasteiger partial charge in [-0.15, -0.1) is 0 Å². The molecule has 0 saturated carbocycles. The highest BCUT2D eigenvalue weighted by molar-refractivity contribution is 5.26. The van der Waals surface area contributed by atoms with E-state index in [9.17, 15) is 0 Å². The fourth-order valence-electron chi connectivity index (χ4n) is 4.68. The zero-order chi connectivity index (χ0) is 23.9. The highest BCUT2D eigenvalue weighted by Gasteiger charge is 2.25. The van der Waals surface area contributed by atoms with E-state index in [0.29, 0.717) is 0 Å². The van der Waals surface area contributed by atoms with Crippen LogP contribution in [0.2, 0.25) is 0 Å². The molecule has 1 atom stereocenters. The summed E-state index contributed by atoms with van der Waals surface area (Å²) in [5.41, 5.74) is 0.0985. The van der Waals surface area contributed by atoms with Gasteiger partial charge >= 0.3 is 0 Å². The SMILES string of the molecule is CCCCCCCCCCCOC=CC1(CCCCCCCCCC)C=CC(OCC)=CC1. The van der Waals surface area contributed by atoms with Crippen LogP contribution >= 0.6 is 0 Å². The topological polar surface area (TPSA) is 18.5 Å². The lowest BCUT2D eigenvalue weighted by atomic mass is 9.77. The predicted molar refractivity (Wildman–Crippen MR) is 145 cm³/mol. The van der Waals surface area contributed by atoms with E-state index in [1.807, 2.05) is 6.26 Å². The molecule has 192 valence electrons. The largest absolute Gasteiger partial charge is 0.501 e. The molecule has 1 aliphatic rings. The number of hydrogen-bond donors (Lipinski definition) is 0. The van der Waals surface area contributed by atoms with Crippen molar-refractivity contribution in [3.8, 4) is 0 Å². The van der Waals surface area contributed by atoms with Gasteiger partial charge in [-0.2, -0.15) is 0 Å². The van der Waals surface area contributed by atoms with Crippen LogP contribution in [0, 0.1) is 5.41 Å². The Morgan fingerprint density at radius 1 is 0.727 bits per heavy atom. The first kappa shape index (κ1) is 29.9. The van der Waals surface area contributed by atoms with E-state index in [-0.39, 0.29) is 5.41 Å². The summed E-state index contributed by atoms with van der Waals surface area (Å²) in [5.74, 6) is 1.02. The quantitative estimate of drug-likeness (QED) is 0.111. The molecule has 0 radical (unpaired) electrons. The molecule has 0 N–H and O–H groups in total. The first-order chi connectivity index (χ1) is 16.3. The van der Waals surface area contributed by atoms with Gasteiger partial charge in [0.05, 0.1) is 19.5 Å². The lowest BCUT2D eigenvalue weighted by Gasteiger charge is -2.29. The Bertz CT molecular complexity index is 519. The summed E-state index contributed by atoms with van der Waals surface area (Å²) in [7, 11) is 0. The molecule has 0 aromatic heterocycles. The van der Waals surface area contributed by atoms with E-state index in [1.165, 1.54) is 116 Å². The summed E-state index contributed by atoms with van der Waals surface area (Å²) in [5, 5.41) is 0. The summed E-state index contributed by atoms with van der Waals surface area (Å²) in [6, 6.07) is 0. The average Bonchev–Trinajstić information content (AvgIpc) is 2.83.